The maximum Gasteiger partial charge on any atom is 0.246 e. The van der Waals surface area contributed by atoms with Gasteiger partial charge in [-0.05, 0) is 6.92 Å². The van der Waals surface area contributed by atoms with E-state index >= 15 is 0 Å². The van der Waals surface area contributed by atoms with Gasteiger partial charge in [-0.1, -0.05) is 5.92 Å². The van der Waals surface area contributed by atoms with E-state index in [0.717, 1.165) is 0 Å². The molecular formula is C7H10N2O. The van der Waals surface area contributed by atoms with Crippen LogP contribution in [0.2, 0.25) is 0 Å². The van der Waals surface area contributed by atoms with Gasteiger partial charge in [0.15, 0.2) is 0 Å². The van der Waals surface area contributed by atoms with E-state index < -0.39 is 0 Å². The van der Waals surface area contributed by atoms with Crippen LogP contribution in [-0.2, 0) is 4.79 Å². The predicted molar refractivity (Wildman–Crippen MR) is 39.8 cm³/mol. The van der Waals surface area contributed by atoms with Gasteiger partial charge in [0.25, 0.3) is 0 Å². The Morgan fingerprint density at radius 3 is 2.90 bits per heavy atom. The summed E-state index contributed by atoms with van der Waals surface area (Å²) in [7, 11) is 0. The Labute approximate surface area is 60.3 Å². The Morgan fingerprint density at radius 1 is 1.90 bits per heavy atom. The Bertz CT molecular complexity index is 184. The van der Waals surface area contributed by atoms with Gasteiger partial charge in [-0.25, -0.2) is 0 Å². The van der Waals surface area contributed by atoms with E-state index in [-0.39, 0.29) is 12.5 Å². The van der Waals surface area contributed by atoms with Crippen LogP contribution >= 0.6 is 0 Å². The van der Waals surface area contributed by atoms with Crippen LogP contribution in [0.25, 0.3) is 0 Å². The first-order valence-corrected chi connectivity index (χ1v) is 2.82. The zero-order valence-electron chi connectivity index (χ0n) is 5.85. The van der Waals surface area contributed by atoms with Gasteiger partial charge in [0.2, 0.25) is 5.91 Å². The van der Waals surface area contributed by atoms with Crippen LogP contribution in [0.1, 0.15) is 6.92 Å². The number of nitrogens with one attached hydrogen (secondary N) is 1. The molecule has 0 aromatic carbocycles. The van der Waals surface area contributed by atoms with Gasteiger partial charge < -0.3 is 11.1 Å². The normalized spacial score (nSPS) is 10.2. The van der Waals surface area contributed by atoms with Crippen molar-refractivity contribution in [2.24, 2.45) is 5.73 Å². The highest BCUT2D eigenvalue weighted by molar-refractivity contribution is 5.88. The molecule has 1 amide bonds. The summed E-state index contributed by atoms with van der Waals surface area (Å²) in [5.74, 6) is 2.02. The molecule has 0 aliphatic rings. The summed E-state index contributed by atoms with van der Waals surface area (Å²) in [6, 6.07) is 0. The third-order valence-corrected chi connectivity index (χ3v) is 0.723. The average Bonchev–Trinajstić information content (AvgIpc) is 1.82. The molecule has 0 saturated carbocycles. The molecule has 0 aliphatic heterocycles. The number of allylic oxidation sites excluding steroid dienone is 1. The molecule has 0 bridgehead atoms. The summed E-state index contributed by atoms with van der Waals surface area (Å²) in [5, 5.41) is 2.43. The van der Waals surface area contributed by atoms with Gasteiger partial charge in [0.1, 0.15) is 0 Å². The van der Waals surface area contributed by atoms with Crippen molar-refractivity contribution in [2.45, 2.75) is 6.92 Å². The van der Waals surface area contributed by atoms with Crippen molar-refractivity contribution in [2.75, 3.05) is 6.54 Å². The minimum Gasteiger partial charge on any atom is -0.402 e. The van der Waals surface area contributed by atoms with Crippen molar-refractivity contribution in [1.29, 1.82) is 0 Å². The quantitative estimate of drug-likeness (QED) is 0.403. The van der Waals surface area contributed by atoms with Crippen LogP contribution in [0.15, 0.2) is 11.8 Å². The number of terminal acetylenes is 1. The number of hydrogen-bond donors (Lipinski definition) is 2. The molecule has 0 aromatic rings. The van der Waals surface area contributed by atoms with Crippen molar-refractivity contribution in [3.8, 4) is 12.3 Å². The fourth-order valence-corrected chi connectivity index (χ4v) is 0.396. The molecule has 0 heterocycles. The lowest BCUT2D eigenvalue weighted by Gasteiger charge is -1.94. The highest BCUT2D eigenvalue weighted by Crippen LogP contribution is 1.77. The first-order valence-electron chi connectivity index (χ1n) is 2.82. The summed E-state index contributed by atoms with van der Waals surface area (Å²) < 4.78 is 0. The van der Waals surface area contributed by atoms with Gasteiger partial charge in [0, 0.05) is 11.8 Å². The summed E-state index contributed by atoms with van der Waals surface area (Å²) >= 11 is 0. The predicted octanol–water partition coefficient (Wildman–Crippen LogP) is -0.402. The lowest BCUT2D eigenvalue weighted by Crippen LogP contribution is -2.21. The van der Waals surface area contributed by atoms with E-state index in [2.05, 4.69) is 11.2 Å². The van der Waals surface area contributed by atoms with Gasteiger partial charge in [-0.3, -0.25) is 4.79 Å². The second-order valence-electron chi connectivity index (χ2n) is 1.81. The lowest BCUT2D eigenvalue weighted by molar-refractivity contribution is -0.116. The molecule has 0 saturated heterocycles. The number of nitrogens with two attached hydrogens (primary N) is 1. The first-order chi connectivity index (χ1) is 4.66. The molecule has 0 spiro atoms. The average molecular weight is 138 g/mol. The molecule has 54 valence electrons. The molecular weight excluding hydrogens is 128 g/mol. The van der Waals surface area contributed by atoms with E-state index in [1.54, 1.807) is 6.92 Å². The van der Waals surface area contributed by atoms with E-state index in [1.165, 1.54) is 6.08 Å². The minimum absolute atomic E-state index is 0.239. The number of hydrogen-bond acceptors (Lipinski definition) is 2. The van der Waals surface area contributed by atoms with Crippen molar-refractivity contribution in [1.82, 2.24) is 5.32 Å². The molecule has 10 heavy (non-hydrogen) atoms. The number of carbonyl (C=O) groups is 1. The van der Waals surface area contributed by atoms with Crippen molar-refractivity contribution < 1.29 is 4.79 Å². The molecule has 3 heteroatoms. The van der Waals surface area contributed by atoms with Crippen LogP contribution < -0.4 is 11.1 Å². The Hall–Kier alpha value is -1.43. The van der Waals surface area contributed by atoms with E-state index in [9.17, 15) is 4.79 Å². The summed E-state index contributed by atoms with van der Waals surface area (Å²) in [6.07, 6.45) is 6.18. The van der Waals surface area contributed by atoms with Gasteiger partial charge in [-0.2, -0.15) is 0 Å². The third kappa shape index (κ3) is 4.72. The molecule has 0 aliphatic carbocycles. The fourth-order valence-electron chi connectivity index (χ4n) is 0.396. The first kappa shape index (κ1) is 8.57. The van der Waals surface area contributed by atoms with Crippen molar-refractivity contribution >= 4 is 5.91 Å². The molecule has 0 radical (unpaired) electrons. The number of carbonyl (C=O) groups excluding carboxylic acids is 1. The fraction of sp³-hybridized carbons (Fsp3) is 0.286. The van der Waals surface area contributed by atoms with Gasteiger partial charge in [-0.15, -0.1) is 6.42 Å². The van der Waals surface area contributed by atoms with Gasteiger partial charge in [0.05, 0.1) is 6.54 Å². The number of rotatable bonds is 2. The van der Waals surface area contributed by atoms with Crippen LogP contribution in [-0.4, -0.2) is 12.5 Å². The third-order valence-electron chi connectivity index (χ3n) is 0.723. The van der Waals surface area contributed by atoms with E-state index in [4.69, 9.17) is 12.2 Å². The maximum absolute atomic E-state index is 10.6. The topological polar surface area (TPSA) is 55.1 Å². The SMILES string of the molecule is C#CCNC(=O)/C=C(\C)N. The largest absolute Gasteiger partial charge is 0.402 e. The zero-order chi connectivity index (χ0) is 7.98. The molecule has 3 nitrogen and oxygen atoms in total. The van der Waals surface area contributed by atoms with Crippen LogP contribution in [0.4, 0.5) is 0 Å². The smallest absolute Gasteiger partial charge is 0.246 e. The highest BCUT2D eigenvalue weighted by Gasteiger charge is 1.91. The molecule has 0 rings (SSSR count). The minimum atomic E-state index is -0.252. The van der Waals surface area contributed by atoms with Gasteiger partial charge >= 0.3 is 0 Å². The van der Waals surface area contributed by atoms with Crippen molar-refractivity contribution in [3.63, 3.8) is 0 Å². The molecule has 0 fully saturated rings. The van der Waals surface area contributed by atoms with E-state index in [1.807, 2.05) is 0 Å². The van der Waals surface area contributed by atoms with Crippen LogP contribution in [0.3, 0.4) is 0 Å². The Kier molecular flexibility index (Phi) is 3.81. The zero-order valence-corrected chi connectivity index (χ0v) is 5.85. The van der Waals surface area contributed by atoms with Crippen LogP contribution in [0, 0.1) is 12.3 Å². The van der Waals surface area contributed by atoms with Crippen LogP contribution in [0.5, 0.6) is 0 Å². The monoisotopic (exact) mass is 138 g/mol. The molecule has 0 unspecified atom stereocenters. The highest BCUT2D eigenvalue weighted by atomic mass is 16.1. The molecule has 0 aromatic heterocycles. The standard InChI is InChI=1S/C7H10N2O/c1-3-4-9-7(10)5-6(2)8/h1,5H,4,8H2,2H3,(H,9,10)/b6-5+. The second kappa shape index (κ2) is 4.45. The van der Waals surface area contributed by atoms with E-state index in [0.29, 0.717) is 5.70 Å². The Morgan fingerprint density at radius 2 is 2.50 bits per heavy atom. The summed E-state index contributed by atoms with van der Waals surface area (Å²) in [4.78, 5) is 10.6. The lowest BCUT2D eigenvalue weighted by atomic mass is 10.4. The van der Waals surface area contributed by atoms with Crippen molar-refractivity contribution in [3.05, 3.63) is 11.8 Å². The summed E-state index contributed by atoms with van der Waals surface area (Å²) in [5.41, 5.74) is 5.68. The maximum atomic E-state index is 10.6. The molecule has 0 atom stereocenters. The number of amides is 1. The Balaban J connectivity index is 3.68. The second-order valence-corrected chi connectivity index (χ2v) is 1.81. The molecule has 3 N–H and O–H groups in total. The summed E-state index contributed by atoms with van der Waals surface area (Å²) in [6.45, 7) is 1.87.